The number of carbonyl (C=O) groups excluding carboxylic acids is 2. The molecule has 148 valence electrons. The summed E-state index contributed by atoms with van der Waals surface area (Å²) < 4.78 is 5.25. The molecule has 2 N–H and O–H groups in total. The van der Waals surface area contributed by atoms with Gasteiger partial charge < -0.3 is 9.84 Å². The van der Waals surface area contributed by atoms with E-state index in [0.717, 1.165) is 18.4 Å². The second kappa shape index (κ2) is 7.91. The molecule has 1 heterocycles. The standard InChI is InChI=1S/C23H23N3O3/c1-3-15-4-6-16(7-5-15)20-13-21(29-26-20)25-22(27)17-8-10-18(11-9-17)24-23(28)19-12-14(19)2/h4-11,13-14,19H,3,12H2,1-2H3,(H,24,28)(H,25,27). The minimum atomic E-state index is -0.303. The van der Waals surface area contributed by atoms with Crippen molar-refractivity contribution in [3.63, 3.8) is 0 Å². The topological polar surface area (TPSA) is 84.2 Å². The summed E-state index contributed by atoms with van der Waals surface area (Å²) in [6.45, 7) is 4.17. The molecule has 0 radical (unpaired) electrons. The van der Waals surface area contributed by atoms with Crippen molar-refractivity contribution in [3.8, 4) is 11.3 Å². The van der Waals surface area contributed by atoms with Crippen LogP contribution in [0, 0.1) is 11.8 Å². The van der Waals surface area contributed by atoms with Gasteiger partial charge >= 0.3 is 0 Å². The van der Waals surface area contributed by atoms with Crippen molar-refractivity contribution in [2.45, 2.75) is 26.7 Å². The Morgan fingerprint density at radius 3 is 2.38 bits per heavy atom. The molecule has 1 aliphatic carbocycles. The van der Waals surface area contributed by atoms with Crippen molar-refractivity contribution in [2.75, 3.05) is 10.6 Å². The van der Waals surface area contributed by atoms with E-state index in [9.17, 15) is 9.59 Å². The Labute approximate surface area is 169 Å². The Kier molecular flexibility index (Phi) is 5.16. The normalized spacial score (nSPS) is 17.6. The van der Waals surface area contributed by atoms with Crippen LogP contribution in [0.1, 0.15) is 36.2 Å². The lowest BCUT2D eigenvalue weighted by atomic mass is 10.1. The van der Waals surface area contributed by atoms with E-state index in [-0.39, 0.29) is 23.6 Å². The van der Waals surface area contributed by atoms with Crippen LogP contribution in [0.5, 0.6) is 0 Å². The highest BCUT2D eigenvalue weighted by Gasteiger charge is 2.39. The Balaban J connectivity index is 1.37. The number of aromatic nitrogens is 1. The summed E-state index contributed by atoms with van der Waals surface area (Å²) in [6, 6.07) is 16.5. The predicted molar refractivity (Wildman–Crippen MR) is 112 cm³/mol. The van der Waals surface area contributed by atoms with E-state index in [0.29, 0.717) is 22.9 Å². The molecule has 3 aromatic rings. The quantitative estimate of drug-likeness (QED) is 0.637. The van der Waals surface area contributed by atoms with Gasteiger partial charge in [0, 0.05) is 28.8 Å². The molecule has 0 spiro atoms. The minimum Gasteiger partial charge on any atom is -0.338 e. The molecule has 1 saturated carbocycles. The lowest BCUT2D eigenvalue weighted by Crippen LogP contribution is -2.15. The van der Waals surface area contributed by atoms with Crippen LogP contribution in [0.3, 0.4) is 0 Å². The SMILES string of the molecule is CCc1ccc(-c2cc(NC(=O)c3ccc(NC(=O)C4CC4C)cc3)on2)cc1. The van der Waals surface area contributed by atoms with Gasteiger partial charge in [-0.05, 0) is 48.6 Å². The number of carbonyl (C=O) groups is 2. The maximum absolute atomic E-state index is 12.5. The van der Waals surface area contributed by atoms with Crippen molar-refractivity contribution < 1.29 is 14.1 Å². The first-order valence-electron chi connectivity index (χ1n) is 9.82. The van der Waals surface area contributed by atoms with Gasteiger partial charge in [-0.15, -0.1) is 0 Å². The molecule has 2 amide bonds. The van der Waals surface area contributed by atoms with Gasteiger partial charge in [0.15, 0.2) is 0 Å². The molecule has 6 heteroatoms. The Hall–Kier alpha value is -3.41. The molecule has 1 aromatic heterocycles. The number of anilines is 2. The van der Waals surface area contributed by atoms with Gasteiger partial charge in [-0.2, -0.15) is 0 Å². The first-order valence-corrected chi connectivity index (χ1v) is 9.82. The Morgan fingerprint density at radius 2 is 1.76 bits per heavy atom. The summed E-state index contributed by atoms with van der Waals surface area (Å²) >= 11 is 0. The van der Waals surface area contributed by atoms with Gasteiger partial charge in [-0.1, -0.05) is 43.3 Å². The lowest BCUT2D eigenvalue weighted by molar-refractivity contribution is -0.117. The fraction of sp³-hybridized carbons (Fsp3) is 0.261. The van der Waals surface area contributed by atoms with E-state index in [2.05, 4.69) is 29.6 Å². The van der Waals surface area contributed by atoms with E-state index in [1.165, 1.54) is 5.56 Å². The van der Waals surface area contributed by atoms with Crippen LogP contribution < -0.4 is 10.6 Å². The van der Waals surface area contributed by atoms with E-state index in [1.54, 1.807) is 30.3 Å². The molecule has 2 unspecified atom stereocenters. The van der Waals surface area contributed by atoms with Crippen molar-refractivity contribution in [2.24, 2.45) is 11.8 Å². The zero-order chi connectivity index (χ0) is 20.4. The van der Waals surface area contributed by atoms with Crippen molar-refractivity contribution in [1.82, 2.24) is 5.16 Å². The van der Waals surface area contributed by atoms with Crippen molar-refractivity contribution in [3.05, 3.63) is 65.7 Å². The van der Waals surface area contributed by atoms with Gasteiger partial charge in [0.2, 0.25) is 11.8 Å². The van der Waals surface area contributed by atoms with Gasteiger partial charge in [-0.3, -0.25) is 14.9 Å². The van der Waals surface area contributed by atoms with Gasteiger partial charge in [0.1, 0.15) is 5.69 Å². The average molecular weight is 389 g/mol. The molecule has 29 heavy (non-hydrogen) atoms. The summed E-state index contributed by atoms with van der Waals surface area (Å²) in [5, 5.41) is 9.62. The summed E-state index contributed by atoms with van der Waals surface area (Å²) in [5.74, 6) is 0.580. The van der Waals surface area contributed by atoms with E-state index < -0.39 is 0 Å². The fourth-order valence-electron chi connectivity index (χ4n) is 3.19. The Morgan fingerprint density at radius 1 is 1.07 bits per heavy atom. The molecule has 4 rings (SSSR count). The van der Waals surface area contributed by atoms with Gasteiger partial charge in [0.25, 0.3) is 5.91 Å². The average Bonchev–Trinajstić information content (AvgIpc) is 3.30. The zero-order valence-electron chi connectivity index (χ0n) is 16.4. The van der Waals surface area contributed by atoms with Gasteiger partial charge in [-0.25, -0.2) is 0 Å². The maximum Gasteiger partial charge on any atom is 0.258 e. The highest BCUT2D eigenvalue weighted by atomic mass is 16.5. The van der Waals surface area contributed by atoms with E-state index in [4.69, 9.17) is 4.52 Å². The molecule has 0 aliphatic heterocycles. The van der Waals surface area contributed by atoms with E-state index in [1.807, 2.05) is 24.3 Å². The summed E-state index contributed by atoms with van der Waals surface area (Å²) in [5.41, 5.74) is 3.99. The van der Waals surface area contributed by atoms with Crippen molar-refractivity contribution >= 4 is 23.4 Å². The van der Waals surface area contributed by atoms with Crippen LogP contribution in [-0.2, 0) is 11.2 Å². The molecule has 0 saturated heterocycles. The molecule has 2 aromatic carbocycles. The zero-order valence-corrected chi connectivity index (χ0v) is 16.4. The predicted octanol–water partition coefficient (Wildman–Crippen LogP) is 4.75. The summed E-state index contributed by atoms with van der Waals surface area (Å²) in [4.78, 5) is 24.4. The lowest BCUT2D eigenvalue weighted by Gasteiger charge is -2.06. The molecule has 0 bridgehead atoms. The molecular weight excluding hydrogens is 366 g/mol. The number of rotatable bonds is 6. The van der Waals surface area contributed by atoms with Crippen LogP contribution in [0.2, 0.25) is 0 Å². The first kappa shape index (κ1) is 18.9. The highest BCUT2D eigenvalue weighted by molar-refractivity contribution is 6.04. The number of nitrogens with one attached hydrogen (secondary N) is 2. The molecule has 1 fully saturated rings. The molecule has 6 nitrogen and oxygen atoms in total. The second-order valence-electron chi connectivity index (χ2n) is 7.47. The number of aryl methyl sites for hydroxylation is 1. The third-order valence-electron chi connectivity index (χ3n) is 5.27. The third-order valence-corrected chi connectivity index (χ3v) is 5.27. The first-order chi connectivity index (χ1) is 14.0. The summed E-state index contributed by atoms with van der Waals surface area (Å²) in [6.07, 6.45) is 1.91. The van der Waals surface area contributed by atoms with Crippen LogP contribution in [0.25, 0.3) is 11.3 Å². The summed E-state index contributed by atoms with van der Waals surface area (Å²) in [7, 11) is 0. The van der Waals surface area contributed by atoms with Crippen LogP contribution in [0.15, 0.2) is 59.1 Å². The van der Waals surface area contributed by atoms with Crippen LogP contribution in [0.4, 0.5) is 11.6 Å². The number of hydrogen-bond donors (Lipinski definition) is 2. The largest absolute Gasteiger partial charge is 0.338 e. The number of hydrogen-bond acceptors (Lipinski definition) is 4. The van der Waals surface area contributed by atoms with Crippen LogP contribution >= 0.6 is 0 Å². The maximum atomic E-state index is 12.5. The number of benzene rings is 2. The van der Waals surface area contributed by atoms with E-state index >= 15 is 0 Å². The van der Waals surface area contributed by atoms with Crippen molar-refractivity contribution in [1.29, 1.82) is 0 Å². The molecule has 1 aliphatic rings. The Bertz CT molecular complexity index is 1020. The smallest absolute Gasteiger partial charge is 0.258 e. The fourth-order valence-corrected chi connectivity index (χ4v) is 3.19. The minimum absolute atomic E-state index is 0.0378. The monoisotopic (exact) mass is 389 g/mol. The van der Waals surface area contributed by atoms with Gasteiger partial charge in [0.05, 0.1) is 0 Å². The number of amides is 2. The third kappa shape index (κ3) is 4.37. The van der Waals surface area contributed by atoms with Crippen LogP contribution in [-0.4, -0.2) is 17.0 Å². The highest BCUT2D eigenvalue weighted by Crippen LogP contribution is 2.38. The molecular formula is C23H23N3O3. The second-order valence-corrected chi connectivity index (χ2v) is 7.47. The number of nitrogens with zero attached hydrogens (tertiary/aromatic N) is 1. The molecule has 2 atom stereocenters.